The number of benzene rings is 1. The van der Waals surface area contributed by atoms with Crippen LogP contribution in [0.15, 0.2) is 30.3 Å². The lowest BCUT2D eigenvalue weighted by Crippen LogP contribution is -2.60. The number of anilines is 1. The molecule has 3 fully saturated rings. The van der Waals surface area contributed by atoms with Crippen LogP contribution in [-0.2, 0) is 4.79 Å². The Morgan fingerprint density at radius 2 is 1.72 bits per heavy atom. The van der Waals surface area contributed by atoms with E-state index in [-0.39, 0.29) is 5.91 Å². The zero-order valence-electron chi connectivity index (χ0n) is 10.8. The maximum absolute atomic E-state index is 12.1. The Morgan fingerprint density at radius 1 is 1.11 bits per heavy atom. The Balaban J connectivity index is 1.61. The highest BCUT2D eigenvalue weighted by atomic mass is 16.2. The number of carbonyl (C=O) groups is 1. The first kappa shape index (κ1) is 11.7. The molecule has 3 aliphatic heterocycles. The molecule has 0 radical (unpaired) electrons. The molecule has 3 saturated heterocycles. The van der Waals surface area contributed by atoms with E-state index >= 15 is 0 Å². The molecule has 1 N–H and O–H groups in total. The average Bonchev–Trinajstić information content (AvgIpc) is 2.41. The first-order valence-electron chi connectivity index (χ1n) is 6.96. The van der Waals surface area contributed by atoms with Crippen molar-refractivity contribution in [3.05, 3.63) is 30.3 Å². The quantitative estimate of drug-likeness (QED) is 0.813. The van der Waals surface area contributed by atoms with Gasteiger partial charge < -0.3 is 9.80 Å². The Labute approximate surface area is 108 Å². The van der Waals surface area contributed by atoms with Crippen LogP contribution < -0.4 is 5.32 Å². The Bertz CT molecular complexity index is 408. The number of piperidine rings is 3. The summed E-state index contributed by atoms with van der Waals surface area (Å²) in [6.07, 6.45) is 3.95. The van der Waals surface area contributed by atoms with Crippen molar-refractivity contribution in [1.29, 1.82) is 0 Å². The molecule has 0 atom stereocenters. The predicted molar refractivity (Wildman–Crippen MR) is 72.1 cm³/mol. The summed E-state index contributed by atoms with van der Waals surface area (Å²) in [5, 5.41) is 3.01. The summed E-state index contributed by atoms with van der Waals surface area (Å²) < 4.78 is 1.02. The monoisotopic (exact) mass is 245 g/mol. The highest BCUT2D eigenvalue weighted by Gasteiger charge is 2.40. The van der Waals surface area contributed by atoms with Crippen LogP contribution in [0.25, 0.3) is 0 Å². The molecule has 0 aromatic heterocycles. The minimum absolute atomic E-state index is 0.168. The SMILES string of the molecule is O=C(C[N+]12CCC(CC1)CC2)Nc1ccccc1. The Hall–Kier alpha value is -1.35. The lowest BCUT2D eigenvalue weighted by molar-refractivity contribution is -0.935. The topological polar surface area (TPSA) is 29.1 Å². The molecule has 1 aromatic rings. The van der Waals surface area contributed by atoms with Gasteiger partial charge in [-0.2, -0.15) is 0 Å². The fourth-order valence-electron chi connectivity index (χ4n) is 3.40. The molecule has 0 unspecified atom stereocenters. The van der Waals surface area contributed by atoms with Gasteiger partial charge >= 0.3 is 0 Å². The largest absolute Gasteiger partial charge is 0.321 e. The van der Waals surface area contributed by atoms with Crippen LogP contribution in [0.2, 0.25) is 0 Å². The van der Waals surface area contributed by atoms with Crippen molar-refractivity contribution < 1.29 is 9.28 Å². The summed E-state index contributed by atoms with van der Waals surface area (Å²) in [6.45, 7) is 4.26. The number of nitrogens with zero attached hydrogens (tertiary/aromatic N) is 1. The molecule has 0 aliphatic carbocycles. The molecule has 18 heavy (non-hydrogen) atoms. The number of hydrogen-bond acceptors (Lipinski definition) is 1. The minimum Gasteiger partial charge on any atom is -0.321 e. The van der Waals surface area contributed by atoms with Crippen LogP contribution in [0.4, 0.5) is 5.69 Å². The Kier molecular flexibility index (Phi) is 3.08. The second-order valence-corrected chi connectivity index (χ2v) is 5.82. The fraction of sp³-hybridized carbons (Fsp3) is 0.533. The van der Waals surface area contributed by atoms with E-state index in [4.69, 9.17) is 0 Å². The van der Waals surface area contributed by atoms with Gasteiger partial charge in [-0.25, -0.2) is 0 Å². The van der Waals surface area contributed by atoms with Crippen LogP contribution in [-0.4, -0.2) is 36.6 Å². The van der Waals surface area contributed by atoms with Crippen LogP contribution in [0, 0.1) is 5.92 Å². The average molecular weight is 245 g/mol. The third kappa shape index (κ3) is 2.41. The van der Waals surface area contributed by atoms with E-state index in [0.717, 1.165) is 16.1 Å². The number of para-hydroxylation sites is 1. The zero-order valence-corrected chi connectivity index (χ0v) is 10.8. The molecule has 1 amide bonds. The molecular weight excluding hydrogens is 224 g/mol. The number of carbonyl (C=O) groups excluding carboxylic acids is 1. The van der Waals surface area contributed by atoms with Crippen molar-refractivity contribution in [2.45, 2.75) is 19.3 Å². The normalized spacial score (nSPS) is 30.1. The van der Waals surface area contributed by atoms with Crippen molar-refractivity contribution in [3.63, 3.8) is 0 Å². The lowest BCUT2D eigenvalue weighted by Gasteiger charge is -2.48. The van der Waals surface area contributed by atoms with Crippen molar-refractivity contribution in [1.82, 2.24) is 0 Å². The second kappa shape index (κ2) is 4.73. The summed E-state index contributed by atoms with van der Waals surface area (Å²) in [6, 6.07) is 9.76. The number of amides is 1. The van der Waals surface area contributed by atoms with Gasteiger partial charge in [-0.05, 0) is 37.3 Å². The van der Waals surface area contributed by atoms with Gasteiger partial charge in [-0.3, -0.25) is 4.79 Å². The summed E-state index contributed by atoms with van der Waals surface area (Å²) in [5.74, 6) is 1.11. The van der Waals surface area contributed by atoms with E-state index in [1.807, 2.05) is 30.3 Å². The number of fused-ring (bicyclic) bond motifs is 3. The lowest BCUT2D eigenvalue weighted by atomic mass is 9.86. The van der Waals surface area contributed by atoms with Gasteiger partial charge in [-0.1, -0.05) is 18.2 Å². The third-order valence-corrected chi connectivity index (χ3v) is 4.57. The second-order valence-electron chi connectivity index (χ2n) is 5.82. The molecular formula is C15H21N2O+. The first-order chi connectivity index (χ1) is 8.76. The molecule has 0 spiro atoms. The smallest absolute Gasteiger partial charge is 0.279 e. The standard InChI is InChI=1S/C15H20N2O/c18-15(16-14-4-2-1-3-5-14)12-17-9-6-13(7-10-17)8-11-17/h1-5,13H,6-12H2/p+1. The maximum Gasteiger partial charge on any atom is 0.279 e. The van der Waals surface area contributed by atoms with Crippen molar-refractivity contribution in [2.75, 3.05) is 31.5 Å². The molecule has 3 nitrogen and oxygen atoms in total. The van der Waals surface area contributed by atoms with E-state index in [0.29, 0.717) is 6.54 Å². The molecule has 3 aliphatic rings. The van der Waals surface area contributed by atoms with Gasteiger partial charge in [-0.15, -0.1) is 0 Å². The maximum atomic E-state index is 12.1. The van der Waals surface area contributed by atoms with Gasteiger partial charge in [0.2, 0.25) is 0 Å². The van der Waals surface area contributed by atoms with Gasteiger partial charge in [0.05, 0.1) is 19.6 Å². The van der Waals surface area contributed by atoms with E-state index in [1.165, 1.54) is 38.9 Å². The first-order valence-corrected chi connectivity index (χ1v) is 6.96. The molecule has 1 aromatic carbocycles. The van der Waals surface area contributed by atoms with Crippen LogP contribution in [0.3, 0.4) is 0 Å². The number of rotatable bonds is 3. The highest BCUT2D eigenvalue weighted by molar-refractivity contribution is 5.91. The van der Waals surface area contributed by atoms with Gasteiger partial charge in [0.1, 0.15) is 0 Å². The highest BCUT2D eigenvalue weighted by Crippen LogP contribution is 2.33. The molecule has 96 valence electrons. The minimum atomic E-state index is 0.168. The summed E-state index contributed by atoms with van der Waals surface area (Å²) >= 11 is 0. The van der Waals surface area contributed by atoms with Gasteiger partial charge in [0, 0.05) is 5.69 Å². The van der Waals surface area contributed by atoms with Crippen molar-refractivity contribution >= 4 is 11.6 Å². The molecule has 0 saturated carbocycles. The number of hydrogen-bond donors (Lipinski definition) is 1. The third-order valence-electron chi connectivity index (χ3n) is 4.57. The van der Waals surface area contributed by atoms with Crippen LogP contribution in [0.1, 0.15) is 19.3 Å². The summed E-state index contributed by atoms with van der Waals surface area (Å²) in [7, 11) is 0. The predicted octanol–water partition coefficient (Wildman–Crippen LogP) is 2.26. The van der Waals surface area contributed by atoms with Gasteiger partial charge in [0.15, 0.2) is 6.54 Å². The number of quaternary nitrogens is 1. The Morgan fingerprint density at radius 3 is 2.33 bits per heavy atom. The number of nitrogens with one attached hydrogen (secondary N) is 1. The van der Waals surface area contributed by atoms with E-state index in [1.54, 1.807) is 0 Å². The van der Waals surface area contributed by atoms with Gasteiger partial charge in [0.25, 0.3) is 5.91 Å². The van der Waals surface area contributed by atoms with Crippen LogP contribution >= 0.6 is 0 Å². The summed E-state index contributed by atoms with van der Waals surface area (Å²) in [5.41, 5.74) is 0.910. The molecule has 3 heteroatoms. The van der Waals surface area contributed by atoms with E-state index in [9.17, 15) is 4.79 Å². The van der Waals surface area contributed by atoms with E-state index < -0.39 is 0 Å². The molecule has 4 rings (SSSR count). The molecule has 3 heterocycles. The van der Waals surface area contributed by atoms with E-state index in [2.05, 4.69) is 5.32 Å². The summed E-state index contributed by atoms with van der Waals surface area (Å²) in [4.78, 5) is 12.1. The fourth-order valence-corrected chi connectivity index (χ4v) is 3.40. The molecule has 2 bridgehead atoms. The van der Waals surface area contributed by atoms with Crippen molar-refractivity contribution in [2.24, 2.45) is 5.92 Å². The van der Waals surface area contributed by atoms with Crippen LogP contribution in [0.5, 0.6) is 0 Å². The zero-order chi connectivity index (χ0) is 12.4. The van der Waals surface area contributed by atoms with Crippen molar-refractivity contribution in [3.8, 4) is 0 Å².